The van der Waals surface area contributed by atoms with E-state index in [-0.39, 0.29) is 12.1 Å². The monoisotopic (exact) mass is 337 g/mol. The Morgan fingerprint density at radius 2 is 2.12 bits per heavy atom. The van der Waals surface area contributed by atoms with Crippen LogP contribution in [0.15, 0.2) is 42.9 Å². The Morgan fingerprint density at radius 1 is 1.28 bits per heavy atom. The van der Waals surface area contributed by atoms with Crippen LogP contribution in [0.3, 0.4) is 0 Å². The lowest BCUT2D eigenvalue weighted by Crippen LogP contribution is -2.37. The zero-order chi connectivity index (χ0) is 17.8. The van der Waals surface area contributed by atoms with E-state index in [0.717, 1.165) is 23.3 Å². The molecular weight excluding hydrogens is 314 g/mol. The summed E-state index contributed by atoms with van der Waals surface area (Å²) < 4.78 is 2.25. The summed E-state index contributed by atoms with van der Waals surface area (Å²) in [5, 5.41) is 6.96. The topological polar surface area (TPSA) is 71.8 Å². The number of anilines is 1. The first-order chi connectivity index (χ1) is 12.1. The SMILES string of the molecule is CCn1c(C)cc2cc(NC(=O)N[C@H](C)Cc3cnccn3)ccc21. The van der Waals surface area contributed by atoms with Gasteiger partial charge in [0.25, 0.3) is 0 Å². The molecule has 130 valence electrons. The van der Waals surface area contributed by atoms with Crippen molar-refractivity contribution < 1.29 is 4.79 Å². The van der Waals surface area contributed by atoms with Gasteiger partial charge in [-0.2, -0.15) is 0 Å². The predicted octanol–water partition coefficient (Wildman–Crippen LogP) is 3.51. The molecule has 0 fully saturated rings. The van der Waals surface area contributed by atoms with E-state index < -0.39 is 0 Å². The average Bonchev–Trinajstić information content (AvgIpc) is 2.89. The molecule has 0 radical (unpaired) electrons. The van der Waals surface area contributed by atoms with Gasteiger partial charge in [-0.1, -0.05) is 0 Å². The van der Waals surface area contributed by atoms with Crippen molar-refractivity contribution in [3.63, 3.8) is 0 Å². The maximum absolute atomic E-state index is 12.2. The number of fused-ring (bicyclic) bond motifs is 1. The molecule has 6 nitrogen and oxygen atoms in total. The molecule has 3 rings (SSSR count). The standard InChI is InChI=1S/C19H23N5O/c1-4-24-14(3)10-15-11-16(5-6-18(15)24)23-19(25)22-13(2)9-17-12-20-7-8-21-17/h5-8,10-13H,4,9H2,1-3H3,(H2,22,23,25)/t13-/m1/s1. The van der Waals surface area contributed by atoms with Crippen LogP contribution in [0, 0.1) is 6.92 Å². The van der Waals surface area contributed by atoms with Gasteiger partial charge in [-0.25, -0.2) is 4.79 Å². The van der Waals surface area contributed by atoms with Crippen LogP contribution in [0.1, 0.15) is 25.2 Å². The van der Waals surface area contributed by atoms with Crippen molar-refractivity contribution in [2.24, 2.45) is 0 Å². The summed E-state index contributed by atoms with van der Waals surface area (Å²) in [5.41, 5.74) is 4.04. The summed E-state index contributed by atoms with van der Waals surface area (Å²) in [6, 6.07) is 7.86. The molecule has 1 aromatic carbocycles. The lowest BCUT2D eigenvalue weighted by Gasteiger charge is -2.14. The van der Waals surface area contributed by atoms with E-state index in [4.69, 9.17) is 0 Å². The van der Waals surface area contributed by atoms with Crippen molar-refractivity contribution in [1.82, 2.24) is 19.9 Å². The van der Waals surface area contributed by atoms with E-state index in [1.165, 1.54) is 11.2 Å². The van der Waals surface area contributed by atoms with Gasteiger partial charge in [0.15, 0.2) is 0 Å². The molecule has 6 heteroatoms. The molecular formula is C19H23N5O. The third kappa shape index (κ3) is 3.96. The lowest BCUT2D eigenvalue weighted by molar-refractivity contribution is 0.249. The number of nitrogens with zero attached hydrogens (tertiary/aromatic N) is 3. The number of rotatable bonds is 5. The fourth-order valence-electron chi connectivity index (χ4n) is 3.10. The first kappa shape index (κ1) is 17.0. The van der Waals surface area contributed by atoms with Gasteiger partial charge in [0.1, 0.15) is 0 Å². The van der Waals surface area contributed by atoms with Crippen LogP contribution in [0.5, 0.6) is 0 Å². The van der Waals surface area contributed by atoms with Crippen LogP contribution in [0.4, 0.5) is 10.5 Å². The number of aromatic nitrogens is 3. The number of carbonyl (C=O) groups is 1. The number of urea groups is 1. The summed E-state index contributed by atoms with van der Waals surface area (Å²) in [6.07, 6.45) is 5.64. The second-order valence-corrected chi connectivity index (χ2v) is 6.20. The van der Waals surface area contributed by atoms with Gasteiger partial charge in [0.2, 0.25) is 0 Å². The molecule has 0 saturated carbocycles. The normalized spacial score (nSPS) is 12.1. The predicted molar refractivity (Wildman–Crippen MR) is 99.7 cm³/mol. The second kappa shape index (κ2) is 7.34. The molecule has 0 spiro atoms. The van der Waals surface area contributed by atoms with Gasteiger partial charge >= 0.3 is 6.03 Å². The molecule has 2 heterocycles. The van der Waals surface area contributed by atoms with Crippen LogP contribution in [0.2, 0.25) is 0 Å². The van der Waals surface area contributed by atoms with Gasteiger partial charge in [-0.15, -0.1) is 0 Å². The van der Waals surface area contributed by atoms with Crippen molar-refractivity contribution in [2.45, 2.75) is 39.8 Å². The molecule has 1 atom stereocenters. The first-order valence-corrected chi connectivity index (χ1v) is 8.49. The zero-order valence-electron chi connectivity index (χ0n) is 14.8. The van der Waals surface area contributed by atoms with Gasteiger partial charge in [0, 0.05) is 59.9 Å². The molecule has 0 bridgehead atoms. The van der Waals surface area contributed by atoms with E-state index in [9.17, 15) is 4.79 Å². The van der Waals surface area contributed by atoms with Crippen molar-refractivity contribution in [3.8, 4) is 0 Å². The number of aryl methyl sites for hydroxylation is 2. The Hall–Kier alpha value is -2.89. The van der Waals surface area contributed by atoms with Crippen LogP contribution >= 0.6 is 0 Å². The van der Waals surface area contributed by atoms with Gasteiger partial charge in [-0.3, -0.25) is 9.97 Å². The molecule has 0 unspecified atom stereocenters. The summed E-state index contributed by atoms with van der Waals surface area (Å²) >= 11 is 0. The fraction of sp³-hybridized carbons (Fsp3) is 0.316. The van der Waals surface area contributed by atoms with Crippen molar-refractivity contribution >= 4 is 22.6 Å². The Labute approximate surface area is 147 Å². The summed E-state index contributed by atoms with van der Waals surface area (Å²) in [5.74, 6) is 0. The third-order valence-electron chi connectivity index (χ3n) is 4.19. The zero-order valence-corrected chi connectivity index (χ0v) is 14.8. The lowest BCUT2D eigenvalue weighted by atomic mass is 10.2. The Balaban J connectivity index is 1.63. The van der Waals surface area contributed by atoms with Crippen molar-refractivity contribution in [2.75, 3.05) is 5.32 Å². The minimum Gasteiger partial charge on any atom is -0.345 e. The van der Waals surface area contributed by atoms with Gasteiger partial charge in [-0.05, 0) is 45.0 Å². The molecule has 0 aliphatic heterocycles. The van der Waals surface area contributed by atoms with Crippen LogP contribution in [-0.4, -0.2) is 26.6 Å². The molecule has 25 heavy (non-hydrogen) atoms. The summed E-state index contributed by atoms with van der Waals surface area (Å²) in [6.45, 7) is 7.10. The van der Waals surface area contributed by atoms with E-state index in [2.05, 4.69) is 45.1 Å². The van der Waals surface area contributed by atoms with E-state index in [1.807, 2.05) is 25.1 Å². The summed E-state index contributed by atoms with van der Waals surface area (Å²) in [4.78, 5) is 20.5. The smallest absolute Gasteiger partial charge is 0.319 e. The molecule has 0 aliphatic carbocycles. The van der Waals surface area contributed by atoms with E-state index in [0.29, 0.717) is 6.42 Å². The highest BCUT2D eigenvalue weighted by Crippen LogP contribution is 2.23. The Morgan fingerprint density at radius 3 is 2.84 bits per heavy atom. The first-order valence-electron chi connectivity index (χ1n) is 8.49. The van der Waals surface area contributed by atoms with Gasteiger partial charge < -0.3 is 15.2 Å². The van der Waals surface area contributed by atoms with Crippen molar-refractivity contribution in [3.05, 3.63) is 54.2 Å². The molecule has 2 aromatic heterocycles. The maximum atomic E-state index is 12.2. The second-order valence-electron chi connectivity index (χ2n) is 6.20. The van der Waals surface area contributed by atoms with E-state index >= 15 is 0 Å². The minimum absolute atomic E-state index is 0.0381. The van der Waals surface area contributed by atoms with Crippen LogP contribution in [0.25, 0.3) is 10.9 Å². The largest absolute Gasteiger partial charge is 0.345 e. The number of nitrogens with one attached hydrogen (secondary N) is 2. The number of carbonyl (C=O) groups excluding carboxylic acids is 1. The maximum Gasteiger partial charge on any atom is 0.319 e. The highest BCUT2D eigenvalue weighted by atomic mass is 16.2. The molecule has 2 amide bonds. The number of hydrogen-bond acceptors (Lipinski definition) is 3. The van der Waals surface area contributed by atoms with Crippen molar-refractivity contribution in [1.29, 1.82) is 0 Å². The summed E-state index contributed by atoms with van der Waals surface area (Å²) in [7, 11) is 0. The molecule has 0 saturated heterocycles. The highest BCUT2D eigenvalue weighted by molar-refractivity contribution is 5.93. The van der Waals surface area contributed by atoms with Crippen LogP contribution in [-0.2, 0) is 13.0 Å². The molecule has 0 aliphatic rings. The van der Waals surface area contributed by atoms with Crippen LogP contribution < -0.4 is 10.6 Å². The Bertz CT molecular complexity index is 872. The average molecular weight is 337 g/mol. The quantitative estimate of drug-likeness (QED) is 0.748. The van der Waals surface area contributed by atoms with Gasteiger partial charge in [0.05, 0.1) is 5.69 Å². The molecule has 2 N–H and O–H groups in total. The Kier molecular flexibility index (Phi) is 4.97. The number of amides is 2. The molecule has 3 aromatic rings. The fourth-order valence-corrected chi connectivity index (χ4v) is 3.10. The third-order valence-corrected chi connectivity index (χ3v) is 4.19. The highest BCUT2D eigenvalue weighted by Gasteiger charge is 2.10. The number of benzene rings is 1. The number of hydrogen-bond donors (Lipinski definition) is 2. The van der Waals surface area contributed by atoms with E-state index in [1.54, 1.807) is 18.6 Å². The minimum atomic E-state index is -0.220.